The number of nitrogens with one attached hydrogen (secondary N) is 1. The number of amides is 1. The maximum atomic E-state index is 12.5. The van der Waals surface area contributed by atoms with Gasteiger partial charge < -0.3 is 10.1 Å². The Morgan fingerprint density at radius 2 is 1.89 bits per heavy atom. The highest BCUT2D eigenvalue weighted by molar-refractivity contribution is 7.11. The van der Waals surface area contributed by atoms with Gasteiger partial charge in [-0.05, 0) is 30.3 Å². The van der Waals surface area contributed by atoms with Crippen molar-refractivity contribution in [1.82, 2.24) is 4.98 Å². The Labute approximate surface area is 159 Å². The van der Waals surface area contributed by atoms with E-state index in [1.807, 2.05) is 0 Å². The van der Waals surface area contributed by atoms with Crippen molar-refractivity contribution in [1.29, 1.82) is 0 Å². The first-order valence-electron chi connectivity index (χ1n) is 7.59. The number of hydrogen-bond donors (Lipinski definition) is 1. The molecule has 0 bridgehead atoms. The zero-order valence-corrected chi connectivity index (χ0v) is 14.6. The Bertz CT molecular complexity index is 1020. The van der Waals surface area contributed by atoms with Crippen molar-refractivity contribution < 1.29 is 27.6 Å². The van der Waals surface area contributed by atoms with E-state index in [1.165, 1.54) is 42.5 Å². The lowest BCUT2D eigenvalue weighted by molar-refractivity contribution is -0.384. The Balaban J connectivity index is 1.66. The number of anilines is 1. The van der Waals surface area contributed by atoms with Crippen LogP contribution in [0.1, 0.15) is 16.1 Å². The van der Waals surface area contributed by atoms with E-state index in [0.29, 0.717) is 17.0 Å². The molecule has 0 aliphatic heterocycles. The standard InChI is InChI=1S/C17H10F3N3O4S/c18-17(19,20)14-9-28-16(22-14)27-13-6-4-11(5-7-13)21-15(24)10-2-1-3-12(8-10)23(25)26/h1-9H,(H,21,24). The quantitative estimate of drug-likeness (QED) is 0.467. The van der Waals surface area contributed by atoms with E-state index >= 15 is 0 Å². The third-order valence-electron chi connectivity index (χ3n) is 3.41. The number of carbonyl (C=O) groups is 1. The molecule has 1 amide bonds. The molecule has 0 unspecified atom stereocenters. The molecule has 0 aliphatic rings. The van der Waals surface area contributed by atoms with Gasteiger partial charge in [0.05, 0.1) is 4.92 Å². The van der Waals surface area contributed by atoms with Crippen LogP contribution >= 0.6 is 11.3 Å². The Morgan fingerprint density at radius 3 is 2.50 bits per heavy atom. The van der Waals surface area contributed by atoms with Crippen molar-refractivity contribution in [3.8, 4) is 10.9 Å². The average Bonchev–Trinajstić information content (AvgIpc) is 3.12. The summed E-state index contributed by atoms with van der Waals surface area (Å²) in [6.45, 7) is 0. The minimum atomic E-state index is -4.54. The third kappa shape index (κ3) is 4.62. The van der Waals surface area contributed by atoms with Crippen LogP contribution in [-0.4, -0.2) is 15.8 Å². The molecule has 7 nitrogen and oxygen atoms in total. The molecular weight excluding hydrogens is 399 g/mol. The molecule has 144 valence electrons. The van der Waals surface area contributed by atoms with Crippen molar-refractivity contribution >= 4 is 28.6 Å². The molecule has 0 aliphatic carbocycles. The van der Waals surface area contributed by atoms with E-state index in [-0.39, 0.29) is 22.2 Å². The van der Waals surface area contributed by atoms with Crippen molar-refractivity contribution in [2.45, 2.75) is 6.18 Å². The summed E-state index contributed by atoms with van der Waals surface area (Å²) < 4.78 is 42.9. The number of aromatic nitrogens is 1. The molecule has 2 aromatic carbocycles. The summed E-state index contributed by atoms with van der Waals surface area (Å²) in [7, 11) is 0. The molecular formula is C17H10F3N3O4S. The van der Waals surface area contributed by atoms with Crippen LogP contribution in [0, 0.1) is 10.1 Å². The van der Waals surface area contributed by atoms with Gasteiger partial charge in [-0.1, -0.05) is 17.4 Å². The van der Waals surface area contributed by atoms with E-state index in [0.717, 1.165) is 11.4 Å². The van der Waals surface area contributed by atoms with Gasteiger partial charge in [0, 0.05) is 28.8 Å². The molecule has 1 aromatic heterocycles. The van der Waals surface area contributed by atoms with Crippen LogP contribution in [0.2, 0.25) is 0 Å². The summed E-state index contributed by atoms with van der Waals surface area (Å²) >= 11 is 0.709. The number of hydrogen-bond acceptors (Lipinski definition) is 6. The van der Waals surface area contributed by atoms with Gasteiger partial charge in [0.15, 0.2) is 5.69 Å². The lowest BCUT2D eigenvalue weighted by atomic mass is 10.2. The second kappa shape index (κ2) is 7.64. The fourth-order valence-electron chi connectivity index (χ4n) is 2.11. The van der Waals surface area contributed by atoms with Gasteiger partial charge >= 0.3 is 6.18 Å². The molecule has 11 heteroatoms. The summed E-state index contributed by atoms with van der Waals surface area (Å²) in [4.78, 5) is 25.7. The number of alkyl halides is 3. The Hall–Kier alpha value is -3.47. The van der Waals surface area contributed by atoms with E-state index in [2.05, 4.69) is 10.3 Å². The van der Waals surface area contributed by atoms with Crippen molar-refractivity contribution in [3.63, 3.8) is 0 Å². The van der Waals surface area contributed by atoms with E-state index in [9.17, 15) is 28.1 Å². The zero-order valence-electron chi connectivity index (χ0n) is 13.8. The number of thiazole rings is 1. The molecule has 28 heavy (non-hydrogen) atoms. The second-order valence-electron chi connectivity index (χ2n) is 5.38. The van der Waals surface area contributed by atoms with Crippen LogP contribution in [0.3, 0.4) is 0 Å². The topological polar surface area (TPSA) is 94.4 Å². The first-order chi connectivity index (χ1) is 13.2. The number of rotatable bonds is 5. The van der Waals surface area contributed by atoms with Crippen LogP contribution in [0.25, 0.3) is 0 Å². The van der Waals surface area contributed by atoms with Crippen LogP contribution in [-0.2, 0) is 6.18 Å². The van der Waals surface area contributed by atoms with Crippen molar-refractivity contribution in [2.75, 3.05) is 5.32 Å². The summed E-state index contributed by atoms with van der Waals surface area (Å²) in [6.07, 6.45) is -4.54. The fourth-order valence-corrected chi connectivity index (χ4v) is 2.80. The summed E-state index contributed by atoms with van der Waals surface area (Å²) in [5, 5.41) is 14.0. The van der Waals surface area contributed by atoms with Gasteiger partial charge in [-0.2, -0.15) is 18.2 Å². The highest BCUT2D eigenvalue weighted by Gasteiger charge is 2.34. The predicted octanol–water partition coefficient (Wildman–Crippen LogP) is 5.11. The van der Waals surface area contributed by atoms with Crippen LogP contribution < -0.4 is 10.1 Å². The maximum absolute atomic E-state index is 12.5. The third-order valence-corrected chi connectivity index (χ3v) is 4.13. The molecule has 1 heterocycles. The van der Waals surface area contributed by atoms with E-state index in [1.54, 1.807) is 0 Å². The highest BCUT2D eigenvalue weighted by atomic mass is 32.1. The van der Waals surface area contributed by atoms with Gasteiger partial charge in [0.25, 0.3) is 16.8 Å². The van der Waals surface area contributed by atoms with Gasteiger partial charge in [-0.15, -0.1) is 0 Å². The minimum Gasteiger partial charge on any atom is -0.431 e. The molecule has 0 radical (unpaired) electrons. The molecule has 3 rings (SSSR count). The lowest BCUT2D eigenvalue weighted by Crippen LogP contribution is -2.11. The smallest absolute Gasteiger partial charge is 0.431 e. The average molecular weight is 409 g/mol. The molecule has 0 fully saturated rings. The highest BCUT2D eigenvalue weighted by Crippen LogP contribution is 2.34. The normalized spacial score (nSPS) is 11.1. The minimum absolute atomic E-state index is 0.108. The number of halogens is 3. The van der Waals surface area contributed by atoms with Crippen LogP contribution in [0.15, 0.2) is 53.9 Å². The second-order valence-corrected chi connectivity index (χ2v) is 6.21. The van der Waals surface area contributed by atoms with Crippen LogP contribution in [0.5, 0.6) is 10.9 Å². The van der Waals surface area contributed by atoms with Crippen LogP contribution in [0.4, 0.5) is 24.5 Å². The van der Waals surface area contributed by atoms with Gasteiger partial charge in [-0.25, -0.2) is 0 Å². The number of nitrogens with zero attached hydrogens (tertiary/aromatic N) is 2. The number of non-ortho nitro benzene ring substituents is 1. The van der Waals surface area contributed by atoms with Crippen molar-refractivity contribution in [2.24, 2.45) is 0 Å². The molecule has 0 atom stereocenters. The first kappa shape index (κ1) is 19.3. The summed E-state index contributed by atoms with van der Waals surface area (Å²) in [5.41, 5.74) is -0.762. The molecule has 1 N–H and O–H groups in total. The molecule has 3 aromatic rings. The van der Waals surface area contributed by atoms with E-state index < -0.39 is 22.7 Å². The first-order valence-corrected chi connectivity index (χ1v) is 8.47. The number of ether oxygens (including phenoxy) is 1. The summed E-state index contributed by atoms with van der Waals surface area (Å²) in [6, 6.07) is 11.1. The zero-order chi connectivity index (χ0) is 20.3. The Kier molecular flexibility index (Phi) is 5.27. The fraction of sp³-hybridized carbons (Fsp3) is 0.0588. The predicted molar refractivity (Wildman–Crippen MR) is 94.7 cm³/mol. The molecule has 0 spiro atoms. The number of carbonyl (C=O) groups excluding carboxylic acids is 1. The van der Waals surface area contributed by atoms with Gasteiger partial charge in [0.2, 0.25) is 0 Å². The number of nitro groups is 1. The SMILES string of the molecule is O=C(Nc1ccc(Oc2nc(C(F)(F)F)cs2)cc1)c1cccc([N+](=O)[O-])c1. The van der Waals surface area contributed by atoms with Gasteiger partial charge in [-0.3, -0.25) is 14.9 Å². The maximum Gasteiger partial charge on any atom is 0.434 e. The lowest BCUT2D eigenvalue weighted by Gasteiger charge is -2.07. The monoisotopic (exact) mass is 409 g/mol. The summed E-state index contributed by atoms with van der Waals surface area (Å²) in [5.74, 6) is -0.316. The van der Waals surface area contributed by atoms with E-state index in [4.69, 9.17) is 4.74 Å². The number of nitro benzene ring substituents is 1. The molecule has 0 saturated carbocycles. The largest absolute Gasteiger partial charge is 0.434 e. The Morgan fingerprint density at radius 1 is 1.18 bits per heavy atom. The van der Waals surface area contributed by atoms with Gasteiger partial charge in [0.1, 0.15) is 5.75 Å². The van der Waals surface area contributed by atoms with Crippen molar-refractivity contribution in [3.05, 3.63) is 75.3 Å². The molecule has 0 saturated heterocycles. The number of benzene rings is 2.